The second-order valence-corrected chi connectivity index (χ2v) is 5.75. The fourth-order valence-corrected chi connectivity index (χ4v) is 3.23. The summed E-state index contributed by atoms with van der Waals surface area (Å²) in [6.45, 7) is 0.265. The van der Waals surface area contributed by atoms with Crippen molar-refractivity contribution in [1.29, 1.82) is 0 Å². The highest BCUT2D eigenvalue weighted by molar-refractivity contribution is 5.27. The van der Waals surface area contributed by atoms with Crippen LogP contribution in [0.25, 0.3) is 0 Å². The molecule has 1 fully saturated rings. The summed E-state index contributed by atoms with van der Waals surface area (Å²) < 4.78 is 0. The van der Waals surface area contributed by atoms with Gasteiger partial charge in [-0.15, -0.1) is 0 Å². The highest BCUT2D eigenvalue weighted by Crippen LogP contribution is 2.29. The van der Waals surface area contributed by atoms with Crippen molar-refractivity contribution in [3.05, 3.63) is 66.0 Å². The van der Waals surface area contributed by atoms with Gasteiger partial charge in [0.1, 0.15) is 0 Å². The second kappa shape index (κ2) is 6.83. The van der Waals surface area contributed by atoms with Crippen molar-refractivity contribution in [2.24, 2.45) is 5.92 Å². The van der Waals surface area contributed by atoms with E-state index in [-0.39, 0.29) is 12.6 Å². The molecule has 1 aliphatic rings. The molecule has 2 N–H and O–H groups in total. The van der Waals surface area contributed by atoms with Crippen LogP contribution in [0.4, 0.5) is 0 Å². The summed E-state index contributed by atoms with van der Waals surface area (Å²) in [5, 5.41) is 13.3. The zero-order valence-corrected chi connectivity index (χ0v) is 12.2. The summed E-state index contributed by atoms with van der Waals surface area (Å²) in [7, 11) is 0. The number of rotatable bonds is 5. The standard InChI is InChI=1S/C18H22N2O/c21-13-15-9-6-11-16(15)20-18(14-7-2-1-3-8-14)17-10-4-5-12-19-17/h1-5,7-8,10,12,15-16,18,20-21H,6,9,11,13H2/t15-,16-,18-/m0/s1. The van der Waals surface area contributed by atoms with Crippen LogP contribution < -0.4 is 5.32 Å². The minimum Gasteiger partial charge on any atom is -0.396 e. The van der Waals surface area contributed by atoms with E-state index in [2.05, 4.69) is 40.6 Å². The Hall–Kier alpha value is -1.71. The molecule has 3 atom stereocenters. The van der Waals surface area contributed by atoms with Crippen LogP contribution >= 0.6 is 0 Å². The zero-order chi connectivity index (χ0) is 14.5. The van der Waals surface area contributed by atoms with Crippen LogP contribution in [0.1, 0.15) is 36.6 Å². The minimum absolute atomic E-state index is 0.0875. The summed E-state index contributed by atoms with van der Waals surface area (Å²) in [4.78, 5) is 4.52. The smallest absolute Gasteiger partial charge is 0.0753 e. The molecule has 0 radical (unpaired) electrons. The lowest BCUT2D eigenvalue weighted by Crippen LogP contribution is -2.37. The molecule has 0 bridgehead atoms. The molecular weight excluding hydrogens is 260 g/mol. The molecular formula is C18H22N2O. The van der Waals surface area contributed by atoms with E-state index in [0.29, 0.717) is 12.0 Å². The average Bonchev–Trinajstić information content (AvgIpc) is 3.01. The third-order valence-corrected chi connectivity index (χ3v) is 4.39. The normalized spacial score (nSPS) is 23.1. The molecule has 0 saturated heterocycles. The number of aromatic nitrogens is 1. The lowest BCUT2D eigenvalue weighted by atomic mass is 9.98. The molecule has 0 amide bonds. The number of hydrogen-bond acceptors (Lipinski definition) is 3. The van der Waals surface area contributed by atoms with Crippen molar-refractivity contribution >= 4 is 0 Å². The van der Waals surface area contributed by atoms with Crippen molar-refractivity contribution < 1.29 is 5.11 Å². The van der Waals surface area contributed by atoms with Crippen LogP contribution in [0, 0.1) is 5.92 Å². The molecule has 21 heavy (non-hydrogen) atoms. The van der Waals surface area contributed by atoms with E-state index in [0.717, 1.165) is 18.5 Å². The summed E-state index contributed by atoms with van der Waals surface area (Å²) in [6.07, 6.45) is 5.26. The maximum atomic E-state index is 9.53. The highest BCUT2D eigenvalue weighted by Gasteiger charge is 2.29. The van der Waals surface area contributed by atoms with Crippen LogP contribution in [0.5, 0.6) is 0 Å². The molecule has 2 aromatic rings. The first-order valence-electron chi connectivity index (χ1n) is 7.71. The Morgan fingerprint density at radius 2 is 1.90 bits per heavy atom. The van der Waals surface area contributed by atoms with E-state index in [9.17, 15) is 5.11 Å². The lowest BCUT2D eigenvalue weighted by molar-refractivity contribution is 0.201. The van der Waals surface area contributed by atoms with Gasteiger partial charge in [0.15, 0.2) is 0 Å². The molecule has 1 aromatic heterocycles. The van der Waals surface area contributed by atoms with Crippen molar-refractivity contribution in [3.63, 3.8) is 0 Å². The number of benzene rings is 1. The summed E-state index contributed by atoms with van der Waals surface area (Å²) in [5.41, 5.74) is 2.26. The quantitative estimate of drug-likeness (QED) is 0.886. The van der Waals surface area contributed by atoms with Crippen LogP contribution in [0.3, 0.4) is 0 Å². The topological polar surface area (TPSA) is 45.1 Å². The molecule has 1 heterocycles. The van der Waals surface area contributed by atoms with Gasteiger partial charge in [-0.1, -0.05) is 42.8 Å². The van der Waals surface area contributed by atoms with Gasteiger partial charge in [0.2, 0.25) is 0 Å². The Balaban J connectivity index is 1.86. The van der Waals surface area contributed by atoms with Gasteiger partial charge in [0.05, 0.1) is 11.7 Å². The van der Waals surface area contributed by atoms with E-state index in [1.165, 1.54) is 12.0 Å². The van der Waals surface area contributed by atoms with Crippen molar-refractivity contribution in [2.45, 2.75) is 31.3 Å². The number of nitrogens with zero attached hydrogens (tertiary/aromatic N) is 1. The fourth-order valence-electron chi connectivity index (χ4n) is 3.23. The van der Waals surface area contributed by atoms with Gasteiger partial charge in [-0.05, 0) is 36.5 Å². The molecule has 3 nitrogen and oxygen atoms in total. The van der Waals surface area contributed by atoms with Gasteiger partial charge in [0.25, 0.3) is 0 Å². The van der Waals surface area contributed by atoms with Crippen LogP contribution in [0.2, 0.25) is 0 Å². The molecule has 1 saturated carbocycles. The second-order valence-electron chi connectivity index (χ2n) is 5.75. The Labute approximate surface area is 126 Å². The van der Waals surface area contributed by atoms with Gasteiger partial charge in [-0.2, -0.15) is 0 Å². The molecule has 0 unspecified atom stereocenters. The monoisotopic (exact) mass is 282 g/mol. The number of aliphatic hydroxyl groups excluding tert-OH is 1. The van der Waals surface area contributed by atoms with E-state index in [4.69, 9.17) is 0 Å². The molecule has 1 aromatic carbocycles. The third kappa shape index (κ3) is 3.31. The van der Waals surface area contributed by atoms with Crippen LogP contribution in [-0.4, -0.2) is 22.7 Å². The van der Waals surface area contributed by atoms with E-state index < -0.39 is 0 Å². The van der Waals surface area contributed by atoms with Gasteiger partial charge in [-0.25, -0.2) is 0 Å². The molecule has 3 rings (SSSR count). The molecule has 110 valence electrons. The number of pyridine rings is 1. The number of hydrogen-bond donors (Lipinski definition) is 2. The lowest BCUT2D eigenvalue weighted by Gasteiger charge is -2.26. The summed E-state index contributed by atoms with van der Waals surface area (Å²) >= 11 is 0. The Morgan fingerprint density at radius 1 is 1.10 bits per heavy atom. The van der Waals surface area contributed by atoms with E-state index in [1.807, 2.05) is 24.4 Å². The summed E-state index contributed by atoms with van der Waals surface area (Å²) in [5.74, 6) is 0.361. The molecule has 0 spiro atoms. The molecule has 1 aliphatic carbocycles. The fraction of sp³-hybridized carbons (Fsp3) is 0.389. The third-order valence-electron chi connectivity index (χ3n) is 4.39. The maximum Gasteiger partial charge on any atom is 0.0753 e. The van der Waals surface area contributed by atoms with Crippen LogP contribution in [-0.2, 0) is 0 Å². The number of aliphatic hydroxyl groups is 1. The van der Waals surface area contributed by atoms with Gasteiger partial charge in [0, 0.05) is 18.8 Å². The van der Waals surface area contributed by atoms with Crippen molar-refractivity contribution in [3.8, 4) is 0 Å². The van der Waals surface area contributed by atoms with Crippen molar-refractivity contribution in [2.75, 3.05) is 6.61 Å². The first-order valence-corrected chi connectivity index (χ1v) is 7.71. The Kier molecular flexibility index (Phi) is 4.63. The zero-order valence-electron chi connectivity index (χ0n) is 12.2. The minimum atomic E-state index is 0.0875. The first-order chi connectivity index (χ1) is 10.4. The van der Waals surface area contributed by atoms with E-state index in [1.54, 1.807) is 0 Å². The largest absolute Gasteiger partial charge is 0.396 e. The predicted molar refractivity (Wildman–Crippen MR) is 83.9 cm³/mol. The molecule has 0 aliphatic heterocycles. The average molecular weight is 282 g/mol. The van der Waals surface area contributed by atoms with Crippen LogP contribution in [0.15, 0.2) is 54.7 Å². The van der Waals surface area contributed by atoms with Crippen molar-refractivity contribution in [1.82, 2.24) is 10.3 Å². The van der Waals surface area contributed by atoms with E-state index >= 15 is 0 Å². The molecule has 3 heteroatoms. The Morgan fingerprint density at radius 3 is 2.62 bits per heavy atom. The van der Waals surface area contributed by atoms with Gasteiger partial charge < -0.3 is 10.4 Å². The SMILES string of the molecule is OC[C@@H]1CCC[C@@H]1N[C@@H](c1ccccc1)c1ccccn1. The highest BCUT2D eigenvalue weighted by atomic mass is 16.3. The number of nitrogens with one attached hydrogen (secondary N) is 1. The maximum absolute atomic E-state index is 9.53. The predicted octanol–water partition coefficient (Wildman–Crippen LogP) is 2.92. The first kappa shape index (κ1) is 14.2. The van der Waals surface area contributed by atoms with Gasteiger partial charge in [-0.3, -0.25) is 4.98 Å². The van der Waals surface area contributed by atoms with Gasteiger partial charge >= 0.3 is 0 Å². The Bertz CT molecular complexity index is 504. The summed E-state index contributed by atoms with van der Waals surface area (Å²) in [6, 6.07) is 16.9.